The zero-order valence-electron chi connectivity index (χ0n) is 12.2. The van der Waals surface area contributed by atoms with E-state index in [0.29, 0.717) is 6.61 Å². The summed E-state index contributed by atoms with van der Waals surface area (Å²) in [5.41, 5.74) is 0.725. The third kappa shape index (κ3) is 3.78. The van der Waals surface area contributed by atoms with Crippen LogP contribution in [-0.2, 0) is 20.7 Å². The van der Waals surface area contributed by atoms with E-state index in [4.69, 9.17) is 9.47 Å². The number of hydrogen-bond acceptors (Lipinski definition) is 4. The summed E-state index contributed by atoms with van der Waals surface area (Å²) in [6, 6.07) is 5.35. The van der Waals surface area contributed by atoms with E-state index in [1.54, 1.807) is 19.2 Å². The summed E-state index contributed by atoms with van der Waals surface area (Å²) < 4.78 is 23.4. The van der Waals surface area contributed by atoms with Crippen LogP contribution in [0.25, 0.3) is 0 Å². The highest BCUT2D eigenvalue weighted by Gasteiger charge is 2.36. The van der Waals surface area contributed by atoms with Gasteiger partial charge in [-0.05, 0) is 17.7 Å². The Kier molecular flexibility index (Phi) is 5.27. The van der Waals surface area contributed by atoms with Crippen molar-refractivity contribution in [3.63, 3.8) is 0 Å². The summed E-state index contributed by atoms with van der Waals surface area (Å²) in [6.07, 6.45) is -1.08. The van der Waals surface area contributed by atoms with Gasteiger partial charge in [0.2, 0.25) is 5.91 Å². The molecule has 1 amide bonds. The first kappa shape index (κ1) is 15.9. The van der Waals surface area contributed by atoms with E-state index in [-0.39, 0.29) is 24.8 Å². The van der Waals surface area contributed by atoms with E-state index < -0.39 is 18.2 Å². The van der Waals surface area contributed by atoms with Gasteiger partial charge in [-0.2, -0.15) is 0 Å². The van der Waals surface area contributed by atoms with E-state index in [0.717, 1.165) is 5.56 Å². The molecule has 0 saturated carbocycles. The fraction of sp³-hybridized carbons (Fsp3) is 0.533. The Labute approximate surface area is 123 Å². The number of benzene rings is 1. The van der Waals surface area contributed by atoms with Gasteiger partial charge in [-0.25, -0.2) is 4.39 Å². The van der Waals surface area contributed by atoms with Crippen molar-refractivity contribution in [2.75, 3.05) is 27.4 Å². The molecule has 0 aliphatic carbocycles. The second kappa shape index (κ2) is 6.98. The van der Waals surface area contributed by atoms with Gasteiger partial charge in [-0.15, -0.1) is 0 Å². The van der Waals surface area contributed by atoms with E-state index in [2.05, 4.69) is 0 Å². The third-order valence-corrected chi connectivity index (χ3v) is 3.81. The number of aliphatic hydroxyl groups is 1. The minimum Gasteiger partial charge on any atom is -0.388 e. The van der Waals surface area contributed by atoms with Gasteiger partial charge in [-0.3, -0.25) is 4.79 Å². The molecule has 116 valence electrons. The highest BCUT2D eigenvalue weighted by Crippen LogP contribution is 2.17. The summed E-state index contributed by atoms with van der Waals surface area (Å²) in [5, 5.41) is 10.2. The zero-order valence-corrected chi connectivity index (χ0v) is 12.2. The molecular weight excluding hydrogens is 277 g/mol. The van der Waals surface area contributed by atoms with Crippen LogP contribution in [0.15, 0.2) is 24.3 Å². The normalized spacial score (nSPS) is 25.6. The minimum atomic E-state index is -0.786. The molecule has 0 unspecified atom stereocenters. The molecule has 0 spiro atoms. The molecule has 1 aliphatic heterocycles. The smallest absolute Gasteiger partial charge is 0.227 e. The first-order chi connectivity index (χ1) is 10.0. The fourth-order valence-corrected chi connectivity index (χ4v) is 2.38. The summed E-state index contributed by atoms with van der Waals surface area (Å²) in [6.45, 7) is 0.584. The van der Waals surface area contributed by atoms with Crippen molar-refractivity contribution in [2.24, 2.45) is 0 Å². The van der Waals surface area contributed by atoms with Crippen LogP contribution in [0.1, 0.15) is 5.56 Å². The molecule has 0 radical (unpaired) electrons. The second-order valence-electron chi connectivity index (χ2n) is 5.18. The SMILES string of the molecule is CO[C@@H]1COC[C@@H](N(C)C(=O)Cc2ccc(F)cc2)[C@@H]1O. The number of aliphatic hydroxyl groups excluding tert-OH is 1. The van der Waals surface area contributed by atoms with E-state index in [1.807, 2.05) is 0 Å². The maximum absolute atomic E-state index is 12.8. The van der Waals surface area contributed by atoms with Gasteiger partial charge in [0.25, 0.3) is 0 Å². The molecule has 1 aromatic rings. The maximum atomic E-state index is 12.8. The lowest BCUT2D eigenvalue weighted by atomic mass is 10.0. The Hall–Kier alpha value is -1.50. The topological polar surface area (TPSA) is 59.0 Å². The number of carbonyl (C=O) groups excluding carboxylic acids is 1. The number of halogens is 1. The predicted molar refractivity (Wildman–Crippen MR) is 74.3 cm³/mol. The van der Waals surface area contributed by atoms with Gasteiger partial charge < -0.3 is 19.5 Å². The third-order valence-electron chi connectivity index (χ3n) is 3.81. The molecule has 1 aliphatic rings. The number of amides is 1. The number of rotatable bonds is 4. The molecule has 0 bridgehead atoms. The second-order valence-corrected chi connectivity index (χ2v) is 5.18. The Morgan fingerprint density at radius 3 is 2.71 bits per heavy atom. The van der Waals surface area contributed by atoms with Gasteiger partial charge in [0.1, 0.15) is 18.0 Å². The van der Waals surface area contributed by atoms with Gasteiger partial charge >= 0.3 is 0 Å². The molecule has 6 heteroatoms. The number of likely N-dealkylation sites (N-methyl/N-ethyl adjacent to an activating group) is 1. The van der Waals surface area contributed by atoms with Crippen molar-refractivity contribution in [3.8, 4) is 0 Å². The minimum absolute atomic E-state index is 0.150. The van der Waals surface area contributed by atoms with Crippen molar-refractivity contribution in [2.45, 2.75) is 24.7 Å². The van der Waals surface area contributed by atoms with Crippen LogP contribution in [0.5, 0.6) is 0 Å². The molecule has 1 aromatic carbocycles. The monoisotopic (exact) mass is 297 g/mol. The highest BCUT2D eigenvalue weighted by molar-refractivity contribution is 5.78. The molecular formula is C15H20FNO4. The molecule has 1 heterocycles. The molecule has 1 saturated heterocycles. The average molecular weight is 297 g/mol. The molecule has 21 heavy (non-hydrogen) atoms. The van der Waals surface area contributed by atoms with Gasteiger partial charge in [0.15, 0.2) is 0 Å². The number of hydrogen-bond donors (Lipinski definition) is 1. The molecule has 2 rings (SSSR count). The Balaban J connectivity index is 1.99. The fourth-order valence-electron chi connectivity index (χ4n) is 2.38. The number of methoxy groups -OCH3 is 1. The number of ether oxygens (including phenoxy) is 2. The summed E-state index contributed by atoms with van der Waals surface area (Å²) in [7, 11) is 3.13. The standard InChI is InChI=1S/C15H20FNO4/c1-17(12-8-21-9-13(20-2)15(12)19)14(18)7-10-3-5-11(16)6-4-10/h3-6,12-13,15,19H,7-9H2,1-2H3/t12-,13-,15+/m1/s1. The Morgan fingerprint density at radius 2 is 2.10 bits per heavy atom. The van der Waals surface area contributed by atoms with Crippen LogP contribution in [-0.4, -0.2) is 61.5 Å². The predicted octanol–water partition coefficient (Wildman–Crippen LogP) is 0.601. The molecule has 5 nitrogen and oxygen atoms in total. The van der Waals surface area contributed by atoms with Crippen molar-refractivity contribution < 1.29 is 23.8 Å². The summed E-state index contributed by atoms with van der Waals surface area (Å²) >= 11 is 0. The van der Waals surface area contributed by atoms with Gasteiger partial charge in [0, 0.05) is 14.2 Å². The largest absolute Gasteiger partial charge is 0.388 e. The lowest BCUT2D eigenvalue weighted by Crippen LogP contribution is -2.57. The summed E-state index contributed by atoms with van der Waals surface area (Å²) in [5.74, 6) is -0.496. The number of nitrogens with zero attached hydrogens (tertiary/aromatic N) is 1. The van der Waals surface area contributed by atoms with E-state index in [1.165, 1.54) is 24.1 Å². The number of carbonyl (C=O) groups is 1. The van der Waals surface area contributed by atoms with Crippen molar-refractivity contribution in [1.29, 1.82) is 0 Å². The average Bonchev–Trinajstić information content (AvgIpc) is 2.49. The van der Waals surface area contributed by atoms with Gasteiger partial charge in [0.05, 0.1) is 25.7 Å². The van der Waals surface area contributed by atoms with E-state index in [9.17, 15) is 14.3 Å². The van der Waals surface area contributed by atoms with Crippen molar-refractivity contribution in [3.05, 3.63) is 35.6 Å². The van der Waals surface area contributed by atoms with Crippen molar-refractivity contribution >= 4 is 5.91 Å². The zero-order chi connectivity index (χ0) is 15.4. The highest BCUT2D eigenvalue weighted by atomic mass is 19.1. The molecule has 3 atom stereocenters. The Bertz CT molecular complexity index is 479. The quantitative estimate of drug-likeness (QED) is 0.884. The van der Waals surface area contributed by atoms with E-state index >= 15 is 0 Å². The van der Waals surface area contributed by atoms with Crippen LogP contribution in [0.4, 0.5) is 4.39 Å². The Morgan fingerprint density at radius 1 is 1.43 bits per heavy atom. The van der Waals surface area contributed by atoms with Crippen molar-refractivity contribution in [1.82, 2.24) is 4.90 Å². The first-order valence-corrected chi connectivity index (χ1v) is 6.81. The molecule has 1 N–H and O–H groups in total. The van der Waals surface area contributed by atoms with Crippen LogP contribution in [0.2, 0.25) is 0 Å². The van der Waals surface area contributed by atoms with Crippen LogP contribution < -0.4 is 0 Å². The van der Waals surface area contributed by atoms with Crippen LogP contribution in [0, 0.1) is 5.82 Å². The van der Waals surface area contributed by atoms with Gasteiger partial charge in [-0.1, -0.05) is 12.1 Å². The lowest BCUT2D eigenvalue weighted by Gasteiger charge is -2.38. The maximum Gasteiger partial charge on any atom is 0.227 e. The summed E-state index contributed by atoms with van der Waals surface area (Å²) in [4.78, 5) is 13.7. The van der Waals surface area contributed by atoms with Crippen LogP contribution >= 0.6 is 0 Å². The van der Waals surface area contributed by atoms with Crippen LogP contribution in [0.3, 0.4) is 0 Å². The molecule has 0 aromatic heterocycles. The lowest BCUT2D eigenvalue weighted by molar-refractivity contribution is -0.157. The molecule has 1 fully saturated rings. The first-order valence-electron chi connectivity index (χ1n) is 6.81.